The Bertz CT molecular complexity index is 2650. The van der Waals surface area contributed by atoms with Gasteiger partial charge in [0.2, 0.25) is 17.7 Å². The first kappa shape index (κ1) is 52.0. The van der Waals surface area contributed by atoms with Crippen molar-refractivity contribution in [1.82, 2.24) is 36.0 Å². The molecule has 2 unspecified atom stereocenters. The van der Waals surface area contributed by atoms with Crippen molar-refractivity contribution in [1.29, 1.82) is 0 Å². The highest BCUT2D eigenvalue weighted by molar-refractivity contribution is 6.08. The number of nitrogens with one attached hydrogen (secondary N) is 4. The van der Waals surface area contributed by atoms with Gasteiger partial charge in [-0.1, -0.05) is 18.6 Å². The number of amides is 4. The van der Waals surface area contributed by atoms with Gasteiger partial charge in [-0.25, -0.2) is 19.0 Å². The molecular weight excluding hydrogens is 961 g/mol. The fourth-order valence-corrected chi connectivity index (χ4v) is 9.70. The first-order valence-corrected chi connectivity index (χ1v) is 24.2. The van der Waals surface area contributed by atoms with Gasteiger partial charge < -0.3 is 56.7 Å². The zero-order valence-electron chi connectivity index (χ0n) is 40.1. The number of nitrogens with zero attached hydrogens (tertiary/aromatic N) is 6. The summed E-state index contributed by atoms with van der Waals surface area (Å²) in [4.78, 5) is 73.9. The number of esters is 2. The third-order valence-corrected chi connectivity index (χ3v) is 13.8. The molecule has 0 spiro atoms. The van der Waals surface area contributed by atoms with Gasteiger partial charge in [-0.2, -0.15) is 13.2 Å². The Morgan fingerprint density at radius 3 is 2.41 bits per heavy atom. The van der Waals surface area contributed by atoms with E-state index in [2.05, 4.69) is 62.8 Å². The fraction of sp³-hybridized carbons (Fsp3) is 0.469. The summed E-state index contributed by atoms with van der Waals surface area (Å²) in [5.41, 5.74) is 12.8. The van der Waals surface area contributed by atoms with Crippen LogP contribution in [0.5, 0.6) is 11.6 Å². The highest BCUT2D eigenvalue weighted by Gasteiger charge is 2.55. The lowest BCUT2D eigenvalue weighted by Gasteiger charge is -2.43. The summed E-state index contributed by atoms with van der Waals surface area (Å²) in [5, 5.41) is 19.5. The van der Waals surface area contributed by atoms with Gasteiger partial charge >= 0.3 is 24.1 Å². The first-order valence-electron chi connectivity index (χ1n) is 24.2. The molecule has 73 heavy (non-hydrogen) atoms. The molecule has 4 aliphatic rings. The molecule has 390 valence electrons. The predicted octanol–water partition coefficient (Wildman–Crippen LogP) is 4.04. The lowest BCUT2D eigenvalue weighted by molar-refractivity contribution is -0.207. The number of urea groups is 1. The van der Waals surface area contributed by atoms with Crippen molar-refractivity contribution in [2.75, 3.05) is 73.3 Å². The molecule has 4 aromatic rings. The summed E-state index contributed by atoms with van der Waals surface area (Å²) in [7, 11) is 0. The summed E-state index contributed by atoms with van der Waals surface area (Å²) < 4.78 is 69.9. The summed E-state index contributed by atoms with van der Waals surface area (Å²) >= 11 is 0. The second-order valence-electron chi connectivity index (χ2n) is 18.7. The number of alkyl halides is 3. The highest BCUT2D eigenvalue weighted by Crippen LogP contribution is 2.43. The number of pyridine rings is 1. The Labute approximate surface area is 417 Å². The molecule has 2 bridgehead atoms. The number of hydrogen-bond acceptors (Lipinski definition) is 16. The molecule has 24 heteroatoms. The molecule has 3 aliphatic heterocycles. The van der Waals surface area contributed by atoms with E-state index in [4.69, 9.17) is 20.9 Å². The second kappa shape index (κ2) is 22.6. The number of carbonyl (C=O) groups is 5. The van der Waals surface area contributed by atoms with Crippen LogP contribution in [0.1, 0.15) is 57.4 Å². The molecule has 20 nitrogen and oxygen atoms in total. The maximum absolute atomic E-state index is 14.9. The molecule has 3 saturated heterocycles. The van der Waals surface area contributed by atoms with E-state index in [1.807, 2.05) is 12.1 Å². The minimum Gasteiger partial charge on any atom is -0.488 e. The van der Waals surface area contributed by atoms with Gasteiger partial charge in [0.05, 0.1) is 11.4 Å². The monoisotopic (exact) mass is 1020 g/mol. The number of carbonyl (C=O) groups excluding carboxylic acids is 5. The number of piperazine rings is 2. The number of aromatic nitrogens is 3. The number of fused-ring (bicyclic) bond motifs is 2. The number of anilines is 4. The minimum atomic E-state index is -5.47. The Kier molecular flexibility index (Phi) is 16.1. The largest absolute Gasteiger partial charge is 0.491 e. The Balaban J connectivity index is 0.892. The molecule has 1 aliphatic carbocycles. The molecule has 2 aromatic carbocycles. The number of primary amides is 1. The number of halogens is 4. The van der Waals surface area contributed by atoms with Gasteiger partial charge in [-0.3, -0.25) is 19.3 Å². The van der Waals surface area contributed by atoms with Crippen LogP contribution in [0.3, 0.4) is 0 Å². The van der Waals surface area contributed by atoms with Crippen molar-refractivity contribution in [3.8, 4) is 22.9 Å². The SMILES string of the molecule is C[C@@H]1CNCCN1CCOc1cc(N2C3CCC2CN(c2cc(-c4cc(F)ccc4OCc4ccc(NC(=O)[C@H](CCCNC(N)=O)NC(=O)C5(C(=O)OC(=O)C(F)(F)F)CCC5)cc4)nnc2N)C3)ccn1. The van der Waals surface area contributed by atoms with Crippen LogP contribution < -0.4 is 52.0 Å². The van der Waals surface area contributed by atoms with Crippen LogP contribution in [-0.2, 0) is 30.5 Å². The molecule has 8 N–H and O–H groups in total. The van der Waals surface area contributed by atoms with Crippen molar-refractivity contribution < 1.29 is 55.7 Å². The third kappa shape index (κ3) is 12.5. The Hall–Kier alpha value is -7.34. The zero-order valence-corrected chi connectivity index (χ0v) is 40.1. The van der Waals surface area contributed by atoms with Gasteiger partial charge in [-0.05, 0) is 93.5 Å². The van der Waals surface area contributed by atoms with Crippen molar-refractivity contribution in [2.45, 2.75) is 88.8 Å². The van der Waals surface area contributed by atoms with Crippen molar-refractivity contribution in [3.63, 3.8) is 0 Å². The topological polar surface area (TPSA) is 262 Å². The minimum absolute atomic E-state index is 0.00509. The van der Waals surface area contributed by atoms with Crippen LogP contribution in [0.4, 0.5) is 45.2 Å². The van der Waals surface area contributed by atoms with E-state index in [1.165, 1.54) is 18.2 Å². The van der Waals surface area contributed by atoms with Gasteiger partial charge in [-0.15, -0.1) is 10.2 Å². The lowest BCUT2D eigenvalue weighted by Crippen LogP contribution is -2.56. The van der Waals surface area contributed by atoms with Crippen LogP contribution in [-0.4, -0.2) is 133 Å². The average Bonchev–Trinajstić information content (AvgIpc) is 3.61. The van der Waals surface area contributed by atoms with Gasteiger partial charge in [0.1, 0.15) is 36.2 Å². The van der Waals surface area contributed by atoms with E-state index >= 15 is 0 Å². The fourth-order valence-electron chi connectivity index (χ4n) is 9.70. The van der Waals surface area contributed by atoms with E-state index in [-0.39, 0.29) is 68.8 Å². The molecule has 2 aromatic heterocycles. The second-order valence-corrected chi connectivity index (χ2v) is 18.7. The number of rotatable bonds is 19. The van der Waals surface area contributed by atoms with E-state index < -0.39 is 53.2 Å². The molecule has 5 heterocycles. The maximum atomic E-state index is 14.9. The molecule has 4 amide bonds. The van der Waals surface area contributed by atoms with Gasteiger partial charge in [0.25, 0.3) is 0 Å². The third-order valence-electron chi connectivity index (χ3n) is 13.8. The Morgan fingerprint density at radius 1 is 0.973 bits per heavy atom. The number of benzene rings is 2. The quantitative estimate of drug-likeness (QED) is 0.0335. The van der Waals surface area contributed by atoms with Gasteiger partial charge in [0.15, 0.2) is 5.82 Å². The highest BCUT2D eigenvalue weighted by atomic mass is 19.4. The number of ether oxygens (including phenoxy) is 3. The van der Waals surface area contributed by atoms with Crippen LogP contribution in [0.15, 0.2) is 66.9 Å². The zero-order chi connectivity index (χ0) is 51.9. The maximum Gasteiger partial charge on any atom is 0.491 e. The number of hydrogen-bond donors (Lipinski definition) is 6. The smallest absolute Gasteiger partial charge is 0.488 e. The molecule has 4 atom stereocenters. The summed E-state index contributed by atoms with van der Waals surface area (Å²) in [6, 6.07) is 14.9. The lowest BCUT2D eigenvalue weighted by atomic mass is 9.68. The Morgan fingerprint density at radius 2 is 1.73 bits per heavy atom. The molecule has 4 fully saturated rings. The number of nitrogens with two attached hydrogens (primary N) is 2. The van der Waals surface area contributed by atoms with Crippen LogP contribution in [0.25, 0.3) is 11.3 Å². The summed E-state index contributed by atoms with van der Waals surface area (Å²) in [6.07, 6.45) is -1.84. The standard InChI is InChI=1S/C49H58F4N12O8/c1-29-25-56-18-19-63(29)20-21-71-41-23-33(13-17-57-41)65-34-10-11-35(65)27-64(26-34)39-24-38(61-62-42(39)54)36-22-31(50)7-12-40(36)72-28-30-5-8-32(9-6-30)59-43(66)37(4-2-16-58-47(55)70)60-44(67)48(14-3-15-48)45(68)73-46(69)49(51,52)53/h5-9,12-13,17,22-24,29,34-35,37,56H,2-4,10-11,14-16,18-21,25-28H2,1H3,(H2,54,62)(H,59,66)(H,60,67)(H3,55,58,70)/t29-,34?,35?,37+/m1/s1. The van der Waals surface area contributed by atoms with Crippen LogP contribution in [0, 0.1) is 11.2 Å². The molecule has 0 radical (unpaired) electrons. The van der Waals surface area contributed by atoms with E-state index in [9.17, 15) is 41.5 Å². The summed E-state index contributed by atoms with van der Waals surface area (Å²) in [5.74, 6) is -5.66. The normalized spacial score (nSPS) is 19.8. The molecule has 1 saturated carbocycles. The van der Waals surface area contributed by atoms with E-state index in [0.717, 1.165) is 44.7 Å². The average molecular weight is 1020 g/mol. The van der Waals surface area contributed by atoms with E-state index in [0.29, 0.717) is 59.9 Å². The van der Waals surface area contributed by atoms with Crippen molar-refractivity contribution in [3.05, 3.63) is 78.2 Å². The van der Waals surface area contributed by atoms with Crippen molar-refractivity contribution in [2.24, 2.45) is 11.1 Å². The van der Waals surface area contributed by atoms with E-state index in [1.54, 1.807) is 36.5 Å². The van der Waals surface area contributed by atoms with Crippen molar-refractivity contribution >= 4 is 52.7 Å². The van der Waals surface area contributed by atoms with Gasteiger partial charge in [0, 0.05) is 93.1 Å². The predicted molar refractivity (Wildman–Crippen MR) is 259 cm³/mol. The first-order chi connectivity index (χ1) is 35.0. The van der Waals surface area contributed by atoms with Crippen LogP contribution in [0.2, 0.25) is 0 Å². The number of nitrogen functional groups attached to an aromatic ring is 1. The molecule has 8 rings (SSSR count). The summed E-state index contributed by atoms with van der Waals surface area (Å²) in [6.45, 7) is 7.82. The van der Waals surface area contributed by atoms with Crippen LogP contribution >= 0.6 is 0 Å². The molecular formula is C49H58F4N12O8.